The van der Waals surface area contributed by atoms with Crippen molar-refractivity contribution in [1.29, 1.82) is 0 Å². The Hall–Kier alpha value is -7.08. The zero-order chi connectivity index (χ0) is 65.0. The number of unbranched alkanes of at least 4 members (excludes halogenated alkanes) is 1. The largest absolute Gasteiger partial charge is 0.495 e. The number of ether oxygens (including phenoxy) is 6. The molecule has 1 aliphatic carbocycles. The third-order valence-electron chi connectivity index (χ3n) is 17.2. The highest BCUT2D eigenvalue weighted by Crippen LogP contribution is 2.50. The van der Waals surface area contributed by atoms with Gasteiger partial charge in [0, 0.05) is 46.5 Å². The van der Waals surface area contributed by atoms with Crippen molar-refractivity contribution in [2.45, 2.75) is 198 Å². The number of hydrogen-bond donors (Lipinski definition) is 6. The first kappa shape index (κ1) is 70.0. The van der Waals surface area contributed by atoms with E-state index in [1.165, 1.54) is 52.3 Å². The van der Waals surface area contributed by atoms with Gasteiger partial charge in [-0.25, -0.2) is 9.59 Å². The summed E-state index contributed by atoms with van der Waals surface area (Å²) < 4.78 is 35.6. The van der Waals surface area contributed by atoms with Gasteiger partial charge in [-0.2, -0.15) is 0 Å². The monoisotopic (exact) mass is 1250 g/mol. The smallest absolute Gasteiger partial charge is 0.328 e. The van der Waals surface area contributed by atoms with Crippen molar-refractivity contribution in [3.8, 4) is 5.75 Å². The van der Waals surface area contributed by atoms with Gasteiger partial charge >= 0.3 is 23.9 Å². The van der Waals surface area contributed by atoms with E-state index in [1.54, 1.807) is 64.1 Å². The fourth-order valence-electron chi connectivity index (χ4n) is 11.3. The summed E-state index contributed by atoms with van der Waals surface area (Å²) in [5.41, 5.74) is 3.46. The van der Waals surface area contributed by atoms with Crippen molar-refractivity contribution < 1.29 is 76.7 Å². The molecule has 7 amide bonds. The molecular weight excluding hydrogens is 1160 g/mol. The molecule has 23 nitrogen and oxygen atoms in total. The second-order valence-corrected chi connectivity index (χ2v) is 25.3. The molecule has 3 fully saturated rings. The summed E-state index contributed by atoms with van der Waals surface area (Å²) in [7, 11) is 5.78. The highest BCUT2D eigenvalue weighted by atomic mass is 35.5. The number of nitrogens with one attached hydrogen (secondary N) is 4. The average molecular weight is 1250 g/mol. The molecule has 4 aliphatic rings. The number of urea groups is 1. The van der Waals surface area contributed by atoms with E-state index in [0.717, 1.165) is 35.3 Å². The molecule has 2 aromatic rings. The first-order valence-electron chi connectivity index (χ1n) is 30.2. The lowest BCUT2D eigenvalue weighted by molar-refractivity contribution is -0.187. The second kappa shape index (κ2) is 30.4. The Labute approximate surface area is 520 Å². The zero-order valence-electron chi connectivity index (χ0n) is 52.8. The van der Waals surface area contributed by atoms with Gasteiger partial charge in [0.2, 0.25) is 23.6 Å². The van der Waals surface area contributed by atoms with Crippen LogP contribution < -0.4 is 36.6 Å². The number of primary amides is 1. The van der Waals surface area contributed by atoms with Crippen LogP contribution in [0, 0.1) is 17.8 Å². The van der Waals surface area contributed by atoms with Crippen LogP contribution in [0.15, 0.2) is 60.2 Å². The SMILES string of the molecule is COc1cc2cc(c1Cl)N(C)C(=O)C[C@H](OC(=O)[C@H](C)N(C)C(=O)c1ccccc1NC(=O)[C@H](CCCNC(N)=O)NC(=O)[C@@H](NC(=O)CCCCC(C)(C)OC(=O)C1CCC1)C(C)C)[C@]1(C)O[C@H]1[C@H](C)[C@@H]1C[C@@](O)(CC(=O)O1)[C@H](OC)/C=C/C=C(\C)C2. The van der Waals surface area contributed by atoms with Crippen molar-refractivity contribution in [1.82, 2.24) is 20.9 Å². The van der Waals surface area contributed by atoms with Gasteiger partial charge in [-0.3, -0.25) is 33.6 Å². The first-order chi connectivity index (χ1) is 41.4. The predicted octanol–water partition coefficient (Wildman–Crippen LogP) is 6.77. The fourth-order valence-corrected chi connectivity index (χ4v) is 11.6. The Morgan fingerprint density at radius 3 is 2.35 bits per heavy atom. The van der Waals surface area contributed by atoms with E-state index < -0.39 is 119 Å². The maximum Gasteiger partial charge on any atom is 0.328 e. The number of allylic oxidation sites excluding steroid dienone is 3. The molecule has 4 bridgehead atoms. The molecule has 10 atom stereocenters. The van der Waals surface area contributed by atoms with Crippen molar-refractivity contribution in [3.05, 3.63) is 76.3 Å². The number of hydrogen-bond acceptors (Lipinski definition) is 16. The Balaban J connectivity index is 1.19. The van der Waals surface area contributed by atoms with E-state index in [1.807, 2.05) is 26.8 Å². The molecule has 2 aromatic carbocycles. The van der Waals surface area contributed by atoms with Gasteiger partial charge in [0.15, 0.2) is 0 Å². The summed E-state index contributed by atoms with van der Waals surface area (Å²) in [5.74, 6) is -5.61. The molecule has 0 radical (unpaired) electrons. The van der Waals surface area contributed by atoms with Crippen LogP contribution in [0.1, 0.15) is 148 Å². The number of fused-ring (bicyclic) bond motifs is 5. The second-order valence-electron chi connectivity index (χ2n) is 25.0. The number of esters is 3. The number of aliphatic hydroxyl groups is 1. The number of carbonyl (C=O) groups excluding carboxylic acids is 9. The van der Waals surface area contributed by atoms with Crippen LogP contribution in [-0.4, -0.2) is 158 Å². The number of anilines is 2. The van der Waals surface area contributed by atoms with Crippen LogP contribution in [-0.2, 0) is 63.7 Å². The highest BCUT2D eigenvalue weighted by molar-refractivity contribution is 6.35. The molecule has 7 N–H and O–H groups in total. The Morgan fingerprint density at radius 1 is 1.00 bits per heavy atom. The molecule has 0 aromatic heterocycles. The highest BCUT2D eigenvalue weighted by Gasteiger charge is 2.64. The molecule has 24 heteroatoms. The van der Waals surface area contributed by atoms with Crippen LogP contribution in [0.25, 0.3) is 0 Å². The molecule has 1 saturated carbocycles. The number of nitrogens with two attached hydrogens (primary N) is 1. The molecule has 88 heavy (non-hydrogen) atoms. The average Bonchev–Trinajstić information content (AvgIpc) is 1.58. The number of amides is 7. The van der Waals surface area contributed by atoms with Crippen LogP contribution >= 0.6 is 11.6 Å². The summed E-state index contributed by atoms with van der Waals surface area (Å²) in [6.07, 6.45) is 5.45. The third-order valence-corrected chi connectivity index (χ3v) is 17.6. The zero-order valence-corrected chi connectivity index (χ0v) is 53.5. The number of methoxy groups -OCH3 is 2. The molecule has 6 rings (SSSR count). The van der Waals surface area contributed by atoms with Gasteiger partial charge in [-0.15, -0.1) is 0 Å². The van der Waals surface area contributed by atoms with Crippen LogP contribution in [0.3, 0.4) is 0 Å². The standard InChI is InChI=1S/C64H90ClN7O16/c1-36(2)54(70-50(73)27-15-16-28-62(6,7)88-60(80)41-21-18-22-41)57(77)69-44(25-19-29-67-61(66)81)56(76)68-43-24-14-13-23-42(43)58(78)71(9)39(5)59(79)86-49-33-51(74)72(10)45-31-40(32-46(83-11)53(45)65)30-37(3)20-17-26-48(84-12)64(82)34-47(85-52(75)35-64)38(4)55-63(49,8)87-55/h13-14,17,20,23-24,26,31-32,36,38-39,41,44,47-49,54-55,82H,15-16,18-19,21-22,25,27-30,33-35H2,1-12H3,(H,68,76)(H,69,77)(H,70,73)(H3,66,67,81)/b26-17+,37-20+/t38-,39+,44+,47+,48-,49+,54+,55+,63+,64-/m1/s1. The minimum absolute atomic E-state index is 0.0108. The Kier molecular flexibility index (Phi) is 24.2. The first-order valence-corrected chi connectivity index (χ1v) is 30.6. The molecule has 0 spiro atoms. The minimum atomic E-state index is -1.68. The Bertz CT molecular complexity index is 2970. The number of benzene rings is 2. The van der Waals surface area contributed by atoms with Crippen molar-refractivity contribution in [2.24, 2.45) is 23.5 Å². The summed E-state index contributed by atoms with van der Waals surface area (Å²) in [6.45, 7) is 14.0. The van der Waals surface area contributed by atoms with E-state index in [0.29, 0.717) is 37.1 Å². The number of carbonyl (C=O) groups is 9. The van der Waals surface area contributed by atoms with E-state index >= 15 is 0 Å². The molecule has 3 aliphatic heterocycles. The van der Waals surface area contributed by atoms with Gasteiger partial charge in [0.05, 0.1) is 48.9 Å². The molecular formula is C64H90ClN7O16. The summed E-state index contributed by atoms with van der Waals surface area (Å²) in [5, 5.41) is 23.0. The van der Waals surface area contributed by atoms with E-state index in [9.17, 15) is 48.3 Å². The van der Waals surface area contributed by atoms with Crippen molar-refractivity contribution >= 4 is 76.5 Å². The fraction of sp³-hybridized carbons (Fsp3) is 0.609. The third kappa shape index (κ3) is 18.1. The molecule has 484 valence electrons. The van der Waals surface area contributed by atoms with Crippen LogP contribution in [0.4, 0.5) is 16.2 Å². The molecule has 3 heterocycles. The van der Waals surface area contributed by atoms with Gasteiger partial charge in [-0.1, -0.05) is 74.7 Å². The lowest BCUT2D eigenvalue weighted by atomic mass is 9.78. The van der Waals surface area contributed by atoms with Crippen LogP contribution in [0.5, 0.6) is 5.75 Å². The van der Waals surface area contributed by atoms with Crippen LogP contribution in [0.2, 0.25) is 5.02 Å². The van der Waals surface area contributed by atoms with Crippen molar-refractivity contribution in [3.63, 3.8) is 0 Å². The number of nitrogens with zero attached hydrogens (tertiary/aromatic N) is 2. The maximum atomic E-state index is 14.6. The van der Waals surface area contributed by atoms with Gasteiger partial charge in [0.25, 0.3) is 5.91 Å². The van der Waals surface area contributed by atoms with E-state index in [2.05, 4.69) is 21.3 Å². The number of likely N-dealkylation sites (N-methyl/N-ethyl adjacent to an activating group) is 1. The summed E-state index contributed by atoms with van der Waals surface area (Å²) in [6, 6.07) is 5.11. The van der Waals surface area contributed by atoms with Crippen molar-refractivity contribution in [2.75, 3.05) is 45.1 Å². The van der Waals surface area contributed by atoms with Gasteiger partial charge in [-0.05, 0) is 122 Å². The number of para-hydroxylation sites is 1. The van der Waals surface area contributed by atoms with Gasteiger partial charge < -0.3 is 70.3 Å². The topological polar surface area (TPSA) is 313 Å². The molecule has 2 saturated heterocycles. The Morgan fingerprint density at radius 2 is 1.70 bits per heavy atom. The summed E-state index contributed by atoms with van der Waals surface area (Å²) in [4.78, 5) is 125. The quantitative estimate of drug-likeness (QED) is 0.0289. The number of epoxide rings is 1. The maximum absolute atomic E-state index is 14.6. The number of halogens is 1. The summed E-state index contributed by atoms with van der Waals surface area (Å²) >= 11 is 6.88. The van der Waals surface area contributed by atoms with E-state index in [-0.39, 0.29) is 72.7 Å². The number of rotatable bonds is 23. The lowest BCUT2D eigenvalue weighted by Crippen LogP contribution is -2.54. The van der Waals surface area contributed by atoms with E-state index in [4.69, 9.17) is 45.8 Å². The minimum Gasteiger partial charge on any atom is -0.495 e. The molecule has 0 unspecified atom stereocenters. The predicted molar refractivity (Wildman–Crippen MR) is 328 cm³/mol. The van der Waals surface area contributed by atoms with Gasteiger partial charge in [0.1, 0.15) is 64.0 Å². The lowest BCUT2D eigenvalue weighted by Gasteiger charge is -2.41. The normalized spacial score (nSPS) is 25.1.